The lowest BCUT2D eigenvalue weighted by atomic mass is 10.1. The SMILES string of the molecule is C=CC(O)Cc1c(C)n[nH]c1C. The van der Waals surface area contributed by atoms with Crippen molar-refractivity contribution in [1.29, 1.82) is 0 Å². The van der Waals surface area contributed by atoms with Crippen LogP contribution in [-0.2, 0) is 6.42 Å². The maximum atomic E-state index is 9.32. The van der Waals surface area contributed by atoms with Gasteiger partial charge in [0.1, 0.15) is 0 Å². The number of hydrogen-bond acceptors (Lipinski definition) is 2. The van der Waals surface area contributed by atoms with E-state index >= 15 is 0 Å². The predicted molar refractivity (Wildman–Crippen MR) is 48.0 cm³/mol. The Balaban J connectivity index is 2.80. The topological polar surface area (TPSA) is 48.9 Å². The molecule has 0 radical (unpaired) electrons. The molecule has 1 rings (SSSR count). The Hall–Kier alpha value is -1.09. The van der Waals surface area contributed by atoms with E-state index in [1.54, 1.807) is 0 Å². The van der Waals surface area contributed by atoms with Crippen LogP contribution in [0.1, 0.15) is 17.0 Å². The van der Waals surface area contributed by atoms with E-state index in [1.165, 1.54) is 6.08 Å². The molecule has 0 aliphatic heterocycles. The van der Waals surface area contributed by atoms with Gasteiger partial charge in [-0.1, -0.05) is 6.08 Å². The molecule has 12 heavy (non-hydrogen) atoms. The summed E-state index contributed by atoms with van der Waals surface area (Å²) in [7, 11) is 0. The van der Waals surface area contributed by atoms with Gasteiger partial charge in [-0.2, -0.15) is 5.10 Å². The third-order valence-corrected chi connectivity index (χ3v) is 1.97. The number of rotatable bonds is 3. The molecular weight excluding hydrogens is 152 g/mol. The van der Waals surface area contributed by atoms with Gasteiger partial charge >= 0.3 is 0 Å². The molecule has 1 aromatic rings. The third-order valence-electron chi connectivity index (χ3n) is 1.97. The highest BCUT2D eigenvalue weighted by atomic mass is 16.3. The van der Waals surface area contributed by atoms with Crippen LogP contribution in [0.4, 0.5) is 0 Å². The molecule has 0 saturated carbocycles. The van der Waals surface area contributed by atoms with Crippen molar-refractivity contribution in [3.05, 3.63) is 29.6 Å². The van der Waals surface area contributed by atoms with Gasteiger partial charge in [-0.3, -0.25) is 5.10 Å². The second-order valence-electron chi connectivity index (χ2n) is 2.92. The lowest BCUT2D eigenvalue weighted by molar-refractivity contribution is 0.224. The van der Waals surface area contributed by atoms with E-state index in [2.05, 4.69) is 16.8 Å². The zero-order valence-corrected chi connectivity index (χ0v) is 7.46. The summed E-state index contributed by atoms with van der Waals surface area (Å²) in [6.45, 7) is 7.39. The van der Waals surface area contributed by atoms with E-state index in [1.807, 2.05) is 13.8 Å². The lowest BCUT2D eigenvalue weighted by Crippen LogP contribution is -2.07. The zero-order valence-electron chi connectivity index (χ0n) is 7.46. The summed E-state index contributed by atoms with van der Waals surface area (Å²) in [6.07, 6.45) is 1.66. The van der Waals surface area contributed by atoms with Crippen molar-refractivity contribution in [1.82, 2.24) is 10.2 Å². The first-order valence-corrected chi connectivity index (χ1v) is 3.96. The first kappa shape index (κ1) is 9.00. The number of aliphatic hydroxyl groups is 1. The number of aryl methyl sites for hydroxylation is 2. The van der Waals surface area contributed by atoms with E-state index < -0.39 is 6.10 Å². The lowest BCUT2D eigenvalue weighted by Gasteiger charge is -2.04. The van der Waals surface area contributed by atoms with Gasteiger partial charge in [0.25, 0.3) is 0 Å². The Morgan fingerprint density at radius 2 is 2.33 bits per heavy atom. The van der Waals surface area contributed by atoms with Crippen LogP contribution < -0.4 is 0 Å². The fourth-order valence-corrected chi connectivity index (χ4v) is 1.17. The molecule has 0 aliphatic rings. The molecule has 0 bridgehead atoms. The standard InChI is InChI=1S/C9H14N2O/c1-4-8(12)5-9-6(2)10-11-7(9)3/h4,8,12H,1,5H2,2-3H3,(H,10,11). The van der Waals surface area contributed by atoms with Gasteiger partial charge in [0.15, 0.2) is 0 Å². The van der Waals surface area contributed by atoms with E-state index in [0.29, 0.717) is 6.42 Å². The fourth-order valence-electron chi connectivity index (χ4n) is 1.17. The van der Waals surface area contributed by atoms with Gasteiger partial charge in [0, 0.05) is 12.1 Å². The first-order valence-electron chi connectivity index (χ1n) is 3.96. The van der Waals surface area contributed by atoms with Crippen LogP contribution in [0.2, 0.25) is 0 Å². The molecule has 0 spiro atoms. The average Bonchev–Trinajstić information content (AvgIpc) is 2.35. The Morgan fingerprint density at radius 3 is 2.75 bits per heavy atom. The van der Waals surface area contributed by atoms with Crippen molar-refractivity contribution in [2.24, 2.45) is 0 Å². The van der Waals surface area contributed by atoms with Gasteiger partial charge in [-0.25, -0.2) is 0 Å². The minimum Gasteiger partial charge on any atom is -0.389 e. The molecule has 0 fully saturated rings. The monoisotopic (exact) mass is 166 g/mol. The second-order valence-corrected chi connectivity index (χ2v) is 2.92. The number of nitrogens with one attached hydrogen (secondary N) is 1. The van der Waals surface area contributed by atoms with Crippen LogP contribution in [0.25, 0.3) is 0 Å². The largest absolute Gasteiger partial charge is 0.389 e. The highest BCUT2D eigenvalue weighted by Gasteiger charge is 2.09. The zero-order chi connectivity index (χ0) is 9.14. The maximum absolute atomic E-state index is 9.32. The Kier molecular flexibility index (Phi) is 2.65. The minimum absolute atomic E-state index is 0.472. The summed E-state index contributed by atoms with van der Waals surface area (Å²) < 4.78 is 0. The molecule has 1 unspecified atom stereocenters. The van der Waals surface area contributed by atoms with Gasteiger partial charge in [-0.05, 0) is 19.4 Å². The molecule has 2 N–H and O–H groups in total. The van der Waals surface area contributed by atoms with E-state index in [-0.39, 0.29) is 0 Å². The first-order chi connectivity index (χ1) is 5.65. The molecule has 3 heteroatoms. The molecule has 0 aromatic carbocycles. The van der Waals surface area contributed by atoms with E-state index in [0.717, 1.165) is 17.0 Å². The van der Waals surface area contributed by atoms with Crippen molar-refractivity contribution in [2.45, 2.75) is 26.4 Å². The summed E-state index contributed by atoms with van der Waals surface area (Å²) in [5, 5.41) is 16.2. The molecule has 1 atom stereocenters. The summed E-state index contributed by atoms with van der Waals surface area (Å²) in [6, 6.07) is 0. The maximum Gasteiger partial charge on any atom is 0.0759 e. The highest BCUT2D eigenvalue weighted by molar-refractivity contribution is 5.24. The smallest absolute Gasteiger partial charge is 0.0759 e. The van der Waals surface area contributed by atoms with Crippen LogP contribution in [-0.4, -0.2) is 21.4 Å². The van der Waals surface area contributed by atoms with Gasteiger partial charge in [0.2, 0.25) is 0 Å². The van der Waals surface area contributed by atoms with E-state index in [9.17, 15) is 5.11 Å². The van der Waals surface area contributed by atoms with Crippen molar-refractivity contribution in [3.8, 4) is 0 Å². The van der Waals surface area contributed by atoms with Gasteiger partial charge in [0.05, 0.1) is 11.8 Å². The van der Waals surface area contributed by atoms with Crippen molar-refractivity contribution >= 4 is 0 Å². The molecule has 0 amide bonds. The molecule has 1 heterocycles. The number of aromatic amines is 1. The van der Waals surface area contributed by atoms with Crippen LogP contribution in [0.5, 0.6) is 0 Å². The number of aromatic nitrogens is 2. The Labute approximate surface area is 72.1 Å². The molecule has 66 valence electrons. The van der Waals surface area contributed by atoms with Crippen molar-refractivity contribution < 1.29 is 5.11 Å². The molecule has 3 nitrogen and oxygen atoms in total. The summed E-state index contributed by atoms with van der Waals surface area (Å²) in [4.78, 5) is 0. The Morgan fingerprint density at radius 1 is 1.67 bits per heavy atom. The highest BCUT2D eigenvalue weighted by Crippen LogP contribution is 2.11. The summed E-state index contributed by atoms with van der Waals surface area (Å²) in [5.74, 6) is 0. The molecular formula is C9H14N2O. The number of nitrogens with zero attached hydrogens (tertiary/aromatic N) is 1. The quantitative estimate of drug-likeness (QED) is 0.661. The summed E-state index contributed by atoms with van der Waals surface area (Å²) >= 11 is 0. The normalized spacial score (nSPS) is 12.9. The van der Waals surface area contributed by atoms with Crippen LogP contribution >= 0.6 is 0 Å². The molecule has 0 saturated heterocycles. The van der Waals surface area contributed by atoms with Gasteiger partial charge < -0.3 is 5.11 Å². The number of H-pyrrole nitrogens is 1. The summed E-state index contributed by atoms with van der Waals surface area (Å²) in [5.41, 5.74) is 3.06. The van der Waals surface area contributed by atoms with Crippen LogP contribution in [0, 0.1) is 13.8 Å². The van der Waals surface area contributed by atoms with Crippen molar-refractivity contribution in [2.75, 3.05) is 0 Å². The van der Waals surface area contributed by atoms with Crippen LogP contribution in [0.15, 0.2) is 12.7 Å². The number of hydrogen-bond donors (Lipinski definition) is 2. The minimum atomic E-state index is -0.472. The van der Waals surface area contributed by atoms with Gasteiger partial charge in [-0.15, -0.1) is 6.58 Å². The molecule has 1 aromatic heterocycles. The Bertz CT molecular complexity index is 259. The third kappa shape index (κ3) is 1.74. The second kappa shape index (κ2) is 3.54. The van der Waals surface area contributed by atoms with E-state index in [4.69, 9.17) is 0 Å². The van der Waals surface area contributed by atoms with Crippen LogP contribution in [0.3, 0.4) is 0 Å². The number of aliphatic hydroxyl groups excluding tert-OH is 1. The fraction of sp³-hybridized carbons (Fsp3) is 0.444. The molecule has 0 aliphatic carbocycles. The van der Waals surface area contributed by atoms with Crippen molar-refractivity contribution in [3.63, 3.8) is 0 Å². The predicted octanol–water partition coefficient (Wildman–Crippen LogP) is 1.12. The average molecular weight is 166 g/mol.